The smallest absolute Gasteiger partial charge is 0.253 e. The van der Waals surface area contributed by atoms with Gasteiger partial charge in [0.05, 0.1) is 6.61 Å². The number of benzene rings is 1. The summed E-state index contributed by atoms with van der Waals surface area (Å²) >= 11 is 1.42. The number of piperidine rings is 1. The topological polar surface area (TPSA) is 67.3 Å². The lowest BCUT2D eigenvalue weighted by Gasteiger charge is -2.32. The first kappa shape index (κ1) is 18.6. The molecule has 7 heteroatoms. The molecule has 1 saturated heterocycles. The maximum atomic E-state index is 12.7. The first-order chi connectivity index (χ1) is 12.6. The summed E-state index contributed by atoms with van der Waals surface area (Å²) in [5, 5.41) is 4.35. The van der Waals surface area contributed by atoms with Crippen LogP contribution in [0.2, 0.25) is 0 Å². The Morgan fingerprint density at radius 2 is 2.00 bits per heavy atom. The Morgan fingerprint density at radius 3 is 2.58 bits per heavy atom. The Balaban J connectivity index is 1.51. The molecule has 1 aliphatic heterocycles. The zero-order valence-corrected chi connectivity index (χ0v) is 16.4. The Morgan fingerprint density at radius 1 is 1.31 bits per heavy atom. The summed E-state index contributed by atoms with van der Waals surface area (Å²) in [7, 11) is 0. The zero-order valence-electron chi connectivity index (χ0n) is 15.6. The van der Waals surface area contributed by atoms with Crippen LogP contribution in [0.25, 0.3) is 0 Å². The Kier molecular flexibility index (Phi) is 6.08. The molecule has 26 heavy (non-hydrogen) atoms. The molecule has 1 fully saturated rings. The molecule has 1 aromatic carbocycles. The summed E-state index contributed by atoms with van der Waals surface area (Å²) in [6.45, 7) is 8.26. The van der Waals surface area contributed by atoms with Crippen LogP contribution in [-0.2, 0) is 0 Å². The number of aromatic nitrogens is 2. The number of amides is 1. The number of carbonyl (C=O) groups is 1. The molecule has 1 amide bonds. The van der Waals surface area contributed by atoms with Crippen LogP contribution in [0.1, 0.15) is 55.7 Å². The standard InChI is InChI=1S/C19H26N4O2S/c1-4-25-16-7-5-14(6-8-16)18(24)23-11-9-15(10-12-23)20-19-21-17(13(2)3)22-26-19/h5-8,13,15H,4,9-12H2,1-3H3,(H,20,21,22). The van der Waals surface area contributed by atoms with Crippen LogP contribution >= 0.6 is 11.5 Å². The summed E-state index contributed by atoms with van der Waals surface area (Å²) in [6.07, 6.45) is 1.83. The van der Waals surface area contributed by atoms with Crippen LogP contribution in [-0.4, -0.2) is 45.9 Å². The van der Waals surface area contributed by atoms with Gasteiger partial charge in [0.1, 0.15) is 11.6 Å². The third-order valence-corrected chi connectivity index (χ3v) is 5.14. The van der Waals surface area contributed by atoms with E-state index in [0.29, 0.717) is 24.1 Å². The van der Waals surface area contributed by atoms with E-state index in [0.717, 1.165) is 42.6 Å². The number of hydrogen-bond donors (Lipinski definition) is 1. The molecular formula is C19H26N4O2S. The highest BCUT2D eigenvalue weighted by Crippen LogP contribution is 2.22. The van der Waals surface area contributed by atoms with Gasteiger partial charge in [-0.25, -0.2) is 4.98 Å². The Bertz CT molecular complexity index is 721. The van der Waals surface area contributed by atoms with Crippen molar-refractivity contribution in [3.63, 3.8) is 0 Å². The number of rotatable bonds is 6. The second-order valence-corrected chi connectivity index (χ2v) is 7.53. The molecule has 0 spiro atoms. The predicted molar refractivity (Wildman–Crippen MR) is 104 cm³/mol. The molecule has 1 N–H and O–H groups in total. The average Bonchev–Trinajstić information content (AvgIpc) is 3.12. The molecule has 3 rings (SSSR count). The molecule has 1 aliphatic rings. The lowest BCUT2D eigenvalue weighted by atomic mass is 10.0. The van der Waals surface area contributed by atoms with E-state index in [-0.39, 0.29) is 5.91 Å². The molecular weight excluding hydrogens is 348 g/mol. The predicted octanol–water partition coefficient (Wildman–Crippen LogP) is 3.78. The average molecular weight is 375 g/mol. The van der Waals surface area contributed by atoms with E-state index in [1.807, 2.05) is 36.1 Å². The van der Waals surface area contributed by atoms with Crippen LogP contribution in [0, 0.1) is 0 Å². The lowest BCUT2D eigenvalue weighted by molar-refractivity contribution is 0.0718. The fourth-order valence-electron chi connectivity index (χ4n) is 2.97. The van der Waals surface area contributed by atoms with Crippen LogP contribution in [0.15, 0.2) is 24.3 Å². The highest BCUT2D eigenvalue weighted by atomic mass is 32.1. The molecule has 0 bridgehead atoms. The second-order valence-electron chi connectivity index (χ2n) is 6.78. The van der Waals surface area contributed by atoms with Crippen LogP contribution in [0.4, 0.5) is 5.13 Å². The van der Waals surface area contributed by atoms with E-state index in [2.05, 4.69) is 28.5 Å². The minimum atomic E-state index is 0.0875. The number of nitrogens with zero attached hydrogens (tertiary/aromatic N) is 3. The monoisotopic (exact) mass is 374 g/mol. The quantitative estimate of drug-likeness (QED) is 0.833. The van der Waals surface area contributed by atoms with Crippen molar-refractivity contribution in [3.8, 4) is 5.75 Å². The van der Waals surface area contributed by atoms with Gasteiger partial charge in [-0.15, -0.1) is 0 Å². The SMILES string of the molecule is CCOc1ccc(C(=O)N2CCC(Nc3nc(C(C)C)ns3)CC2)cc1. The first-order valence-electron chi connectivity index (χ1n) is 9.19. The van der Waals surface area contributed by atoms with Gasteiger partial charge >= 0.3 is 0 Å². The summed E-state index contributed by atoms with van der Waals surface area (Å²) in [4.78, 5) is 19.1. The van der Waals surface area contributed by atoms with E-state index >= 15 is 0 Å². The number of anilines is 1. The van der Waals surface area contributed by atoms with Gasteiger partial charge in [-0.05, 0) is 44.0 Å². The maximum absolute atomic E-state index is 12.7. The van der Waals surface area contributed by atoms with Crippen molar-refractivity contribution < 1.29 is 9.53 Å². The molecule has 2 aromatic rings. The molecule has 140 valence electrons. The zero-order chi connectivity index (χ0) is 18.5. The molecule has 6 nitrogen and oxygen atoms in total. The fraction of sp³-hybridized carbons (Fsp3) is 0.526. The third-order valence-electron chi connectivity index (χ3n) is 4.48. The largest absolute Gasteiger partial charge is 0.494 e. The number of nitrogens with one attached hydrogen (secondary N) is 1. The van der Waals surface area contributed by atoms with Gasteiger partial charge in [-0.2, -0.15) is 4.37 Å². The Hall–Kier alpha value is -2.15. The van der Waals surface area contributed by atoms with Crippen molar-refractivity contribution in [1.82, 2.24) is 14.3 Å². The summed E-state index contributed by atoms with van der Waals surface area (Å²) in [5.41, 5.74) is 0.713. The van der Waals surface area contributed by atoms with Crippen molar-refractivity contribution >= 4 is 22.6 Å². The van der Waals surface area contributed by atoms with Gasteiger partial charge in [0.25, 0.3) is 5.91 Å². The van der Waals surface area contributed by atoms with Crippen molar-refractivity contribution in [3.05, 3.63) is 35.7 Å². The number of likely N-dealkylation sites (tertiary alicyclic amines) is 1. The molecule has 0 unspecified atom stereocenters. The van der Waals surface area contributed by atoms with Crippen LogP contribution in [0.5, 0.6) is 5.75 Å². The molecule has 0 radical (unpaired) electrons. The number of ether oxygens (including phenoxy) is 1. The van der Waals surface area contributed by atoms with E-state index < -0.39 is 0 Å². The Labute approximate surface area is 158 Å². The highest BCUT2D eigenvalue weighted by molar-refractivity contribution is 7.09. The highest BCUT2D eigenvalue weighted by Gasteiger charge is 2.24. The number of hydrogen-bond acceptors (Lipinski definition) is 6. The minimum Gasteiger partial charge on any atom is -0.494 e. The molecule has 0 aliphatic carbocycles. The summed E-state index contributed by atoms with van der Waals surface area (Å²) in [5.74, 6) is 2.12. The molecule has 0 atom stereocenters. The number of carbonyl (C=O) groups excluding carboxylic acids is 1. The fourth-order valence-corrected chi connectivity index (χ4v) is 3.76. The van der Waals surface area contributed by atoms with E-state index in [4.69, 9.17) is 4.74 Å². The molecule has 1 aromatic heterocycles. The van der Waals surface area contributed by atoms with Crippen molar-refractivity contribution in [2.24, 2.45) is 0 Å². The van der Waals surface area contributed by atoms with Crippen molar-refractivity contribution in [1.29, 1.82) is 0 Å². The van der Waals surface area contributed by atoms with Crippen LogP contribution < -0.4 is 10.1 Å². The van der Waals surface area contributed by atoms with Crippen LogP contribution in [0.3, 0.4) is 0 Å². The van der Waals surface area contributed by atoms with Crippen molar-refractivity contribution in [2.75, 3.05) is 25.0 Å². The van der Waals surface area contributed by atoms with E-state index in [1.165, 1.54) is 11.5 Å². The first-order valence-corrected chi connectivity index (χ1v) is 9.96. The van der Waals surface area contributed by atoms with Gasteiger partial charge in [0.2, 0.25) is 5.13 Å². The third kappa shape index (κ3) is 4.52. The maximum Gasteiger partial charge on any atom is 0.253 e. The normalized spacial score (nSPS) is 15.3. The van der Waals surface area contributed by atoms with Gasteiger partial charge in [-0.1, -0.05) is 13.8 Å². The molecule has 2 heterocycles. The van der Waals surface area contributed by atoms with E-state index in [9.17, 15) is 4.79 Å². The van der Waals surface area contributed by atoms with Gasteiger partial charge < -0.3 is 15.0 Å². The lowest BCUT2D eigenvalue weighted by Crippen LogP contribution is -2.42. The summed E-state index contributed by atoms with van der Waals surface area (Å²) in [6, 6.07) is 7.73. The van der Waals surface area contributed by atoms with Gasteiger partial charge in [0, 0.05) is 42.1 Å². The van der Waals surface area contributed by atoms with Gasteiger partial charge in [-0.3, -0.25) is 4.79 Å². The van der Waals surface area contributed by atoms with Gasteiger partial charge in [0.15, 0.2) is 0 Å². The second kappa shape index (κ2) is 8.49. The summed E-state index contributed by atoms with van der Waals surface area (Å²) < 4.78 is 9.81. The minimum absolute atomic E-state index is 0.0875. The van der Waals surface area contributed by atoms with Crippen molar-refractivity contribution in [2.45, 2.75) is 45.6 Å². The van der Waals surface area contributed by atoms with E-state index in [1.54, 1.807) is 0 Å². The molecule has 0 saturated carbocycles.